The van der Waals surface area contributed by atoms with Gasteiger partial charge in [-0.25, -0.2) is 0 Å². The fraction of sp³-hybridized carbons (Fsp3) is 0.238. The minimum atomic E-state index is -0.494. The van der Waals surface area contributed by atoms with Crippen LogP contribution in [-0.2, 0) is 14.3 Å². The molecule has 0 bridgehead atoms. The molecular formula is C21H22BrNO4. The van der Waals surface area contributed by atoms with Gasteiger partial charge in [0.1, 0.15) is 5.75 Å². The average Bonchev–Trinajstić information content (AvgIpc) is 2.65. The number of ether oxygens (including phenoxy) is 2. The number of carbonyl (C=O) groups excluding carboxylic acids is 2. The number of nitrogens with one attached hydrogen (secondary N) is 1. The van der Waals surface area contributed by atoms with E-state index in [9.17, 15) is 9.59 Å². The summed E-state index contributed by atoms with van der Waals surface area (Å²) in [5, 5.41) is 2.86. The van der Waals surface area contributed by atoms with Crippen molar-refractivity contribution in [3.63, 3.8) is 0 Å². The number of rotatable bonds is 7. The molecule has 0 saturated heterocycles. The Morgan fingerprint density at radius 2 is 1.96 bits per heavy atom. The molecule has 1 atom stereocenters. The van der Waals surface area contributed by atoms with E-state index in [2.05, 4.69) is 21.2 Å². The van der Waals surface area contributed by atoms with Gasteiger partial charge in [0.2, 0.25) is 5.91 Å². The van der Waals surface area contributed by atoms with Crippen LogP contribution in [0.3, 0.4) is 0 Å². The average molecular weight is 432 g/mol. The summed E-state index contributed by atoms with van der Waals surface area (Å²) in [4.78, 5) is 24.2. The van der Waals surface area contributed by atoms with Crippen LogP contribution in [0, 0.1) is 6.92 Å². The van der Waals surface area contributed by atoms with Crippen molar-refractivity contribution in [1.29, 1.82) is 0 Å². The lowest BCUT2D eigenvalue weighted by Gasteiger charge is -2.17. The van der Waals surface area contributed by atoms with Gasteiger partial charge in [-0.2, -0.15) is 0 Å². The van der Waals surface area contributed by atoms with Gasteiger partial charge in [0.25, 0.3) is 0 Å². The number of aryl methyl sites for hydroxylation is 1. The van der Waals surface area contributed by atoms with Gasteiger partial charge in [-0.05, 0) is 42.8 Å². The molecule has 0 heterocycles. The van der Waals surface area contributed by atoms with E-state index in [0.717, 1.165) is 21.2 Å². The lowest BCUT2D eigenvalue weighted by Crippen LogP contribution is -2.29. The van der Waals surface area contributed by atoms with Gasteiger partial charge < -0.3 is 14.8 Å². The van der Waals surface area contributed by atoms with Crippen molar-refractivity contribution >= 4 is 33.9 Å². The second-order valence-electron chi connectivity index (χ2n) is 5.98. The number of methoxy groups -OCH3 is 2. The predicted molar refractivity (Wildman–Crippen MR) is 108 cm³/mol. The van der Waals surface area contributed by atoms with Crippen molar-refractivity contribution in [2.45, 2.75) is 19.4 Å². The summed E-state index contributed by atoms with van der Waals surface area (Å²) in [6.45, 7) is 1.97. The largest absolute Gasteiger partial charge is 0.496 e. The van der Waals surface area contributed by atoms with E-state index in [-0.39, 0.29) is 12.3 Å². The molecule has 0 saturated carbocycles. The minimum absolute atomic E-state index is 0.0420. The molecule has 2 rings (SSSR count). The molecule has 2 aromatic carbocycles. The molecule has 6 heteroatoms. The number of halogens is 1. The van der Waals surface area contributed by atoms with Crippen LogP contribution in [-0.4, -0.2) is 26.1 Å². The molecule has 1 unspecified atom stereocenters. The molecule has 0 spiro atoms. The van der Waals surface area contributed by atoms with Crippen LogP contribution in [0.1, 0.15) is 29.2 Å². The van der Waals surface area contributed by atoms with Crippen molar-refractivity contribution in [2.75, 3.05) is 14.2 Å². The van der Waals surface area contributed by atoms with E-state index < -0.39 is 12.0 Å². The molecule has 5 nitrogen and oxygen atoms in total. The van der Waals surface area contributed by atoms with E-state index in [0.29, 0.717) is 5.75 Å². The smallest absolute Gasteiger partial charge is 0.307 e. The van der Waals surface area contributed by atoms with Crippen LogP contribution in [0.5, 0.6) is 5.75 Å². The molecule has 1 amide bonds. The van der Waals surface area contributed by atoms with Crippen molar-refractivity contribution in [3.8, 4) is 5.75 Å². The zero-order valence-electron chi connectivity index (χ0n) is 15.5. The minimum Gasteiger partial charge on any atom is -0.496 e. The Labute approximate surface area is 167 Å². The van der Waals surface area contributed by atoms with E-state index in [1.165, 1.54) is 13.2 Å². The molecule has 142 valence electrons. The molecule has 1 N–H and O–H groups in total. The fourth-order valence-electron chi connectivity index (χ4n) is 2.59. The molecule has 0 radical (unpaired) electrons. The Bertz CT molecular complexity index is 848. The van der Waals surface area contributed by atoms with Gasteiger partial charge in [0.05, 0.1) is 26.7 Å². The standard InChI is InChI=1S/C21H22BrNO4/c1-14-7-9-19(26-2)16(11-14)8-10-20(24)23-18(13-21(25)27-3)15-5-4-6-17(22)12-15/h4-12,18H,13H2,1-3H3,(H,23,24). The first kappa shape index (κ1) is 20.7. The van der Waals surface area contributed by atoms with Crippen LogP contribution in [0.25, 0.3) is 6.08 Å². The van der Waals surface area contributed by atoms with Crippen molar-refractivity contribution < 1.29 is 19.1 Å². The van der Waals surface area contributed by atoms with E-state index in [1.54, 1.807) is 13.2 Å². The summed E-state index contributed by atoms with van der Waals surface area (Å²) in [6, 6.07) is 12.7. The summed E-state index contributed by atoms with van der Waals surface area (Å²) in [6.07, 6.45) is 3.16. The maximum Gasteiger partial charge on any atom is 0.307 e. The molecule has 0 aromatic heterocycles. The van der Waals surface area contributed by atoms with Gasteiger partial charge in [-0.1, -0.05) is 39.7 Å². The number of hydrogen-bond donors (Lipinski definition) is 1. The van der Waals surface area contributed by atoms with Crippen LogP contribution in [0.2, 0.25) is 0 Å². The van der Waals surface area contributed by atoms with E-state index >= 15 is 0 Å². The molecule has 2 aromatic rings. The third kappa shape index (κ3) is 6.25. The Morgan fingerprint density at radius 3 is 2.63 bits per heavy atom. The van der Waals surface area contributed by atoms with Crippen LogP contribution in [0.15, 0.2) is 53.0 Å². The Morgan fingerprint density at radius 1 is 1.19 bits per heavy atom. The van der Waals surface area contributed by atoms with E-state index in [4.69, 9.17) is 9.47 Å². The van der Waals surface area contributed by atoms with Gasteiger partial charge in [-0.3, -0.25) is 9.59 Å². The van der Waals surface area contributed by atoms with Crippen molar-refractivity contribution in [2.24, 2.45) is 0 Å². The van der Waals surface area contributed by atoms with Crippen molar-refractivity contribution in [3.05, 3.63) is 69.7 Å². The maximum atomic E-state index is 12.4. The second kappa shape index (κ2) is 9.92. The highest BCUT2D eigenvalue weighted by molar-refractivity contribution is 9.10. The number of amides is 1. The first-order valence-corrected chi connectivity index (χ1v) is 9.17. The van der Waals surface area contributed by atoms with Crippen LogP contribution < -0.4 is 10.1 Å². The Hall–Kier alpha value is -2.60. The van der Waals surface area contributed by atoms with Crippen LogP contribution in [0.4, 0.5) is 0 Å². The van der Waals surface area contributed by atoms with Gasteiger partial charge in [0.15, 0.2) is 0 Å². The van der Waals surface area contributed by atoms with E-state index in [1.807, 2.05) is 49.4 Å². The number of carbonyl (C=O) groups is 2. The third-order valence-electron chi connectivity index (χ3n) is 3.97. The predicted octanol–water partition coefficient (Wildman–Crippen LogP) is 4.20. The van der Waals surface area contributed by atoms with Gasteiger partial charge >= 0.3 is 5.97 Å². The van der Waals surface area contributed by atoms with Gasteiger partial charge in [0, 0.05) is 16.1 Å². The maximum absolute atomic E-state index is 12.4. The fourth-order valence-corrected chi connectivity index (χ4v) is 3.01. The number of esters is 1. The molecule has 0 fully saturated rings. The molecule has 0 aliphatic heterocycles. The Kier molecular flexibility index (Phi) is 7.61. The lowest BCUT2D eigenvalue weighted by atomic mass is 10.0. The number of hydrogen-bond acceptors (Lipinski definition) is 4. The highest BCUT2D eigenvalue weighted by Crippen LogP contribution is 2.23. The molecular weight excluding hydrogens is 410 g/mol. The zero-order valence-corrected chi connectivity index (χ0v) is 17.1. The lowest BCUT2D eigenvalue weighted by molar-refractivity contribution is -0.141. The SMILES string of the molecule is COC(=O)CC(NC(=O)C=Cc1cc(C)ccc1OC)c1cccc(Br)c1. The second-order valence-corrected chi connectivity index (χ2v) is 6.89. The van der Waals surface area contributed by atoms with Crippen LogP contribution >= 0.6 is 15.9 Å². The normalized spacial score (nSPS) is 11.9. The number of benzene rings is 2. The summed E-state index contributed by atoms with van der Waals surface area (Å²) < 4.78 is 10.9. The summed E-state index contributed by atoms with van der Waals surface area (Å²) in [5.41, 5.74) is 2.68. The molecule has 0 aliphatic carbocycles. The summed E-state index contributed by atoms with van der Waals surface area (Å²) in [5.74, 6) is -0.0280. The monoisotopic (exact) mass is 431 g/mol. The van der Waals surface area contributed by atoms with Crippen molar-refractivity contribution in [1.82, 2.24) is 5.32 Å². The van der Waals surface area contributed by atoms with Gasteiger partial charge in [-0.15, -0.1) is 0 Å². The highest BCUT2D eigenvalue weighted by atomic mass is 79.9. The zero-order chi connectivity index (χ0) is 19.8. The highest BCUT2D eigenvalue weighted by Gasteiger charge is 2.18. The first-order chi connectivity index (χ1) is 12.9. The summed E-state index contributed by atoms with van der Waals surface area (Å²) >= 11 is 3.41. The third-order valence-corrected chi connectivity index (χ3v) is 4.46. The molecule has 27 heavy (non-hydrogen) atoms. The summed E-state index contributed by atoms with van der Waals surface area (Å²) in [7, 11) is 2.91. The quantitative estimate of drug-likeness (QED) is 0.526. The first-order valence-electron chi connectivity index (χ1n) is 8.38. The molecule has 0 aliphatic rings. The Balaban J connectivity index is 2.18. The topological polar surface area (TPSA) is 64.6 Å².